The van der Waals surface area contributed by atoms with Gasteiger partial charge in [0.05, 0.1) is 33.6 Å². The monoisotopic (exact) mass is 455 g/mol. The zero-order valence-corrected chi connectivity index (χ0v) is 21.2. The van der Waals surface area contributed by atoms with E-state index in [0.29, 0.717) is 11.0 Å². The highest BCUT2D eigenvalue weighted by atomic mass is 35.5. The fraction of sp³-hybridized carbons (Fsp3) is 1.00. The Bertz CT molecular complexity index is 418. The fourth-order valence-electron chi connectivity index (χ4n) is 3.41. The number of likely N-dealkylation sites (N-methyl/N-ethyl adjacent to an activating group) is 1. The van der Waals surface area contributed by atoms with E-state index in [-0.39, 0.29) is 12.5 Å². The normalized spacial score (nSPS) is 15.4. The molecule has 0 aromatic rings. The van der Waals surface area contributed by atoms with Crippen LogP contribution in [-0.2, 0) is 13.6 Å². The zero-order chi connectivity index (χ0) is 22.0. The predicted octanol–water partition coefficient (Wildman–Crippen LogP) is 6.28. The summed E-state index contributed by atoms with van der Waals surface area (Å²) in [5.41, 5.74) is 0. The van der Waals surface area contributed by atoms with Crippen LogP contribution in [0.4, 0.5) is 0 Å². The van der Waals surface area contributed by atoms with E-state index in [2.05, 4.69) is 6.92 Å². The van der Waals surface area contributed by atoms with Crippen LogP contribution in [-0.4, -0.2) is 50.8 Å². The van der Waals surface area contributed by atoms with Gasteiger partial charge in [-0.15, -0.1) is 11.6 Å². The van der Waals surface area contributed by atoms with Crippen LogP contribution in [0.1, 0.15) is 96.8 Å². The summed E-state index contributed by atoms with van der Waals surface area (Å²) in [4.78, 5) is 11.9. The minimum Gasteiger partial charge on any atom is -0.756 e. The second-order valence-corrected chi connectivity index (χ2v) is 10.9. The standard InChI is InChI=1S/C22H47ClNO4P/c1-5-6-7-8-9-10-11-12-13-14-15-16-17-18-19-27-29(25,26)28-22(20-23)21-24(2,3)4/h22H,5-21H2,1-4H3/t22-/m1/s1. The number of quaternary nitrogens is 1. The van der Waals surface area contributed by atoms with Crippen LogP contribution in [0, 0.1) is 0 Å². The van der Waals surface area contributed by atoms with Crippen LogP contribution in [0.2, 0.25) is 0 Å². The molecule has 0 rings (SSSR count). The van der Waals surface area contributed by atoms with Gasteiger partial charge in [-0.05, 0) is 6.42 Å². The van der Waals surface area contributed by atoms with Crippen molar-refractivity contribution in [1.82, 2.24) is 0 Å². The molecule has 0 spiro atoms. The van der Waals surface area contributed by atoms with Crippen LogP contribution >= 0.6 is 19.4 Å². The zero-order valence-electron chi connectivity index (χ0n) is 19.5. The van der Waals surface area contributed by atoms with Crippen LogP contribution in [0.5, 0.6) is 0 Å². The van der Waals surface area contributed by atoms with Crippen molar-refractivity contribution in [3.8, 4) is 0 Å². The molecule has 176 valence electrons. The molecule has 5 nitrogen and oxygen atoms in total. The van der Waals surface area contributed by atoms with Crippen LogP contribution < -0.4 is 4.89 Å². The van der Waals surface area contributed by atoms with Gasteiger partial charge < -0.3 is 18.4 Å². The molecule has 0 saturated carbocycles. The molecule has 0 aliphatic carbocycles. The highest BCUT2D eigenvalue weighted by Gasteiger charge is 2.23. The van der Waals surface area contributed by atoms with Gasteiger partial charge in [-0.1, -0.05) is 90.4 Å². The van der Waals surface area contributed by atoms with Crippen LogP contribution in [0.25, 0.3) is 0 Å². The lowest BCUT2D eigenvalue weighted by atomic mass is 10.0. The molecule has 0 amide bonds. The lowest BCUT2D eigenvalue weighted by Gasteiger charge is -2.32. The minimum atomic E-state index is -4.28. The summed E-state index contributed by atoms with van der Waals surface area (Å²) in [6, 6.07) is 0. The predicted molar refractivity (Wildman–Crippen MR) is 122 cm³/mol. The number of hydrogen-bond acceptors (Lipinski definition) is 4. The highest BCUT2D eigenvalue weighted by Crippen LogP contribution is 2.40. The van der Waals surface area contributed by atoms with Gasteiger partial charge in [-0.25, -0.2) is 0 Å². The Morgan fingerprint density at radius 2 is 1.24 bits per heavy atom. The largest absolute Gasteiger partial charge is 0.756 e. The molecule has 2 atom stereocenters. The van der Waals surface area contributed by atoms with E-state index in [9.17, 15) is 9.46 Å². The van der Waals surface area contributed by atoms with E-state index < -0.39 is 13.9 Å². The Hall–Kier alpha value is 0.360. The first-order chi connectivity index (χ1) is 13.7. The van der Waals surface area contributed by atoms with E-state index in [0.717, 1.165) is 19.3 Å². The lowest BCUT2D eigenvalue weighted by Crippen LogP contribution is -2.43. The number of rotatable bonds is 21. The molecule has 0 radical (unpaired) electrons. The average molecular weight is 456 g/mol. The number of hydrogen-bond donors (Lipinski definition) is 0. The first kappa shape index (κ1) is 29.4. The SMILES string of the molecule is CCCCCCCCCCCCCCCCOP(=O)([O-])O[C@H](CCl)C[N+](C)(C)C. The fourth-order valence-corrected chi connectivity index (χ4v) is 4.58. The number of halogens is 1. The van der Waals surface area contributed by atoms with Gasteiger partial charge in [-0.3, -0.25) is 4.57 Å². The third kappa shape index (κ3) is 21.4. The third-order valence-electron chi connectivity index (χ3n) is 4.95. The van der Waals surface area contributed by atoms with Crippen molar-refractivity contribution in [2.45, 2.75) is 103 Å². The van der Waals surface area contributed by atoms with Crippen molar-refractivity contribution < 1.29 is 23.0 Å². The average Bonchev–Trinajstić information content (AvgIpc) is 2.63. The lowest BCUT2D eigenvalue weighted by molar-refractivity contribution is -0.873. The van der Waals surface area contributed by atoms with Crippen molar-refractivity contribution in [3.05, 3.63) is 0 Å². The van der Waals surface area contributed by atoms with Gasteiger partial charge in [0.2, 0.25) is 0 Å². The Labute approximate surface area is 185 Å². The van der Waals surface area contributed by atoms with Gasteiger partial charge in [0.25, 0.3) is 7.82 Å². The summed E-state index contributed by atoms with van der Waals surface area (Å²) < 4.78 is 22.6. The van der Waals surface area contributed by atoms with E-state index in [1.54, 1.807) is 0 Å². The molecule has 0 aromatic carbocycles. The van der Waals surface area contributed by atoms with Gasteiger partial charge in [0.1, 0.15) is 12.6 Å². The summed E-state index contributed by atoms with van der Waals surface area (Å²) >= 11 is 5.83. The molecule has 0 N–H and O–H groups in total. The molecule has 0 fully saturated rings. The molecule has 0 aromatic heterocycles. The molecule has 0 heterocycles. The molecule has 7 heteroatoms. The quantitative estimate of drug-likeness (QED) is 0.0883. The number of phosphoric ester groups is 1. The summed E-state index contributed by atoms with van der Waals surface area (Å²) in [6.45, 7) is 2.96. The van der Waals surface area contributed by atoms with Gasteiger partial charge >= 0.3 is 0 Å². The summed E-state index contributed by atoms with van der Waals surface area (Å²) in [7, 11) is 1.62. The number of alkyl halides is 1. The Morgan fingerprint density at radius 1 is 0.828 bits per heavy atom. The topological polar surface area (TPSA) is 58.6 Å². The number of nitrogens with zero attached hydrogens (tertiary/aromatic N) is 1. The van der Waals surface area contributed by atoms with E-state index in [4.69, 9.17) is 20.6 Å². The van der Waals surface area contributed by atoms with Crippen molar-refractivity contribution in [1.29, 1.82) is 0 Å². The first-order valence-electron chi connectivity index (χ1n) is 11.7. The van der Waals surface area contributed by atoms with E-state index >= 15 is 0 Å². The molecule has 29 heavy (non-hydrogen) atoms. The van der Waals surface area contributed by atoms with E-state index in [1.165, 1.54) is 70.6 Å². The molecule has 0 bridgehead atoms. The van der Waals surface area contributed by atoms with Crippen molar-refractivity contribution >= 4 is 19.4 Å². The van der Waals surface area contributed by atoms with Crippen molar-refractivity contribution in [2.75, 3.05) is 40.2 Å². The van der Waals surface area contributed by atoms with Gasteiger partial charge in [0.15, 0.2) is 0 Å². The van der Waals surface area contributed by atoms with Crippen molar-refractivity contribution in [3.63, 3.8) is 0 Å². The summed E-state index contributed by atoms with van der Waals surface area (Å²) in [6.07, 6.45) is 17.2. The molecule has 0 aliphatic rings. The maximum Gasteiger partial charge on any atom is 0.268 e. The maximum absolute atomic E-state index is 11.9. The summed E-state index contributed by atoms with van der Waals surface area (Å²) in [5, 5.41) is 0. The molecule has 1 unspecified atom stereocenters. The van der Waals surface area contributed by atoms with Crippen molar-refractivity contribution in [2.24, 2.45) is 0 Å². The smallest absolute Gasteiger partial charge is 0.268 e. The number of unbranched alkanes of at least 4 members (excludes halogenated alkanes) is 13. The van der Waals surface area contributed by atoms with Gasteiger partial charge in [-0.2, -0.15) is 0 Å². The number of phosphoric acid groups is 1. The minimum absolute atomic E-state index is 0.129. The Morgan fingerprint density at radius 3 is 1.62 bits per heavy atom. The Kier molecular flexibility index (Phi) is 18.2. The third-order valence-corrected chi connectivity index (χ3v) is 6.35. The second kappa shape index (κ2) is 18.0. The van der Waals surface area contributed by atoms with E-state index in [1.807, 2.05) is 21.1 Å². The Balaban J connectivity index is 3.54. The highest BCUT2D eigenvalue weighted by molar-refractivity contribution is 7.45. The molecule has 0 saturated heterocycles. The van der Waals surface area contributed by atoms with Crippen LogP contribution in [0.15, 0.2) is 0 Å². The molecular formula is C22H47ClNO4P. The first-order valence-corrected chi connectivity index (χ1v) is 13.7. The molecule has 0 aliphatic heterocycles. The molecular weight excluding hydrogens is 409 g/mol. The van der Waals surface area contributed by atoms with Crippen LogP contribution in [0.3, 0.4) is 0 Å². The second-order valence-electron chi connectivity index (χ2n) is 9.23. The van der Waals surface area contributed by atoms with Gasteiger partial charge in [0, 0.05) is 0 Å². The maximum atomic E-state index is 11.9. The summed E-state index contributed by atoms with van der Waals surface area (Å²) in [5.74, 6) is 0.129.